The average molecular weight is 266 g/mol. The van der Waals surface area contributed by atoms with Gasteiger partial charge < -0.3 is 4.98 Å². The van der Waals surface area contributed by atoms with Crippen molar-refractivity contribution in [2.75, 3.05) is 6.54 Å². The van der Waals surface area contributed by atoms with E-state index < -0.39 is 8.24 Å². The van der Waals surface area contributed by atoms with E-state index in [1.807, 2.05) is 0 Å². The lowest BCUT2D eigenvalue weighted by molar-refractivity contribution is 0.669. The molecular formula is C10H24BrNSi. The maximum Gasteiger partial charge on any atom is 0.141 e. The fourth-order valence-corrected chi connectivity index (χ4v) is 7.41. The fourth-order valence-electron chi connectivity index (χ4n) is 1.62. The third-order valence-electron chi connectivity index (χ3n) is 3.09. The van der Waals surface area contributed by atoms with Gasteiger partial charge in [-0.3, -0.25) is 0 Å². The Morgan fingerprint density at radius 1 is 1.31 bits per heavy atom. The van der Waals surface area contributed by atoms with Crippen molar-refractivity contribution >= 4 is 24.2 Å². The van der Waals surface area contributed by atoms with Gasteiger partial charge in [-0.1, -0.05) is 57.1 Å². The number of hydrogen-bond donors (Lipinski definition) is 1. The van der Waals surface area contributed by atoms with Gasteiger partial charge >= 0.3 is 0 Å². The third-order valence-corrected chi connectivity index (χ3v) is 12.3. The SMILES string of the molecule is CCN[Si](C)(C(Br)CC)C(C)(C)C. The Labute approximate surface area is 92.9 Å². The van der Waals surface area contributed by atoms with Gasteiger partial charge in [-0.15, -0.1) is 0 Å². The van der Waals surface area contributed by atoms with E-state index in [0.717, 1.165) is 6.54 Å². The molecule has 0 heterocycles. The largest absolute Gasteiger partial charge is 0.336 e. The van der Waals surface area contributed by atoms with E-state index in [2.05, 4.69) is 62.1 Å². The van der Waals surface area contributed by atoms with Crippen LogP contribution >= 0.6 is 15.9 Å². The first-order chi connectivity index (χ1) is 5.79. The summed E-state index contributed by atoms with van der Waals surface area (Å²) in [6.45, 7) is 15.0. The van der Waals surface area contributed by atoms with Crippen molar-refractivity contribution < 1.29 is 0 Å². The third kappa shape index (κ3) is 3.06. The van der Waals surface area contributed by atoms with Gasteiger partial charge in [0, 0.05) is 4.45 Å². The van der Waals surface area contributed by atoms with E-state index in [9.17, 15) is 0 Å². The second-order valence-electron chi connectivity index (χ2n) is 4.86. The second-order valence-corrected chi connectivity index (χ2v) is 11.8. The molecule has 0 aromatic rings. The zero-order chi connectivity index (χ0) is 10.7. The van der Waals surface area contributed by atoms with Gasteiger partial charge in [0.25, 0.3) is 0 Å². The minimum atomic E-state index is -1.39. The molecule has 1 N–H and O–H groups in total. The standard InChI is InChI=1S/C10H24BrNSi/c1-7-9(11)13(6,12-8-2)10(3,4)5/h9,12H,7-8H2,1-6H3. The minimum Gasteiger partial charge on any atom is -0.336 e. The highest BCUT2D eigenvalue weighted by Crippen LogP contribution is 2.39. The number of rotatable bonds is 4. The van der Waals surface area contributed by atoms with Crippen molar-refractivity contribution in [3.05, 3.63) is 0 Å². The zero-order valence-corrected chi connectivity index (χ0v) is 12.5. The van der Waals surface area contributed by atoms with Gasteiger partial charge in [0.1, 0.15) is 8.24 Å². The predicted octanol–water partition coefficient (Wildman–Crippen LogP) is 3.68. The molecule has 0 radical (unpaired) electrons. The molecule has 0 saturated carbocycles. The average Bonchev–Trinajstić information content (AvgIpc) is 2.01. The van der Waals surface area contributed by atoms with Crippen LogP contribution in [0.5, 0.6) is 0 Å². The molecule has 1 nitrogen and oxygen atoms in total. The molecule has 0 aromatic heterocycles. The van der Waals surface area contributed by atoms with E-state index in [4.69, 9.17) is 0 Å². The molecule has 13 heavy (non-hydrogen) atoms. The molecule has 0 amide bonds. The van der Waals surface area contributed by atoms with E-state index in [0.29, 0.717) is 9.49 Å². The Bertz CT molecular complexity index is 155. The van der Waals surface area contributed by atoms with Crippen LogP contribution in [0, 0.1) is 0 Å². The van der Waals surface area contributed by atoms with Crippen LogP contribution in [0.3, 0.4) is 0 Å². The molecule has 0 aliphatic heterocycles. The Morgan fingerprint density at radius 3 is 2.00 bits per heavy atom. The van der Waals surface area contributed by atoms with Crippen molar-refractivity contribution in [2.45, 2.75) is 57.1 Å². The van der Waals surface area contributed by atoms with Crippen LogP contribution in [0.2, 0.25) is 11.6 Å². The number of halogens is 1. The summed E-state index contributed by atoms with van der Waals surface area (Å²) < 4.78 is 0.667. The zero-order valence-electron chi connectivity index (χ0n) is 9.87. The summed E-state index contributed by atoms with van der Waals surface area (Å²) in [5.41, 5.74) is 0. The van der Waals surface area contributed by atoms with Crippen molar-refractivity contribution in [1.82, 2.24) is 4.98 Å². The van der Waals surface area contributed by atoms with Crippen LogP contribution in [0.25, 0.3) is 0 Å². The number of alkyl halides is 1. The quantitative estimate of drug-likeness (QED) is 0.604. The van der Waals surface area contributed by atoms with Crippen LogP contribution in [-0.2, 0) is 0 Å². The lowest BCUT2D eigenvalue weighted by atomic mass is 10.2. The smallest absolute Gasteiger partial charge is 0.141 e. The summed E-state index contributed by atoms with van der Waals surface area (Å²) in [7, 11) is -1.39. The molecule has 2 unspecified atom stereocenters. The molecule has 0 aromatic carbocycles. The first-order valence-electron chi connectivity index (χ1n) is 5.18. The molecular weight excluding hydrogens is 242 g/mol. The van der Waals surface area contributed by atoms with E-state index in [1.54, 1.807) is 0 Å². The molecule has 2 atom stereocenters. The Balaban J connectivity index is 4.72. The van der Waals surface area contributed by atoms with Gasteiger partial charge in [-0.2, -0.15) is 0 Å². The highest BCUT2D eigenvalue weighted by Gasteiger charge is 2.44. The van der Waals surface area contributed by atoms with Gasteiger partial charge in [0.2, 0.25) is 0 Å². The molecule has 0 rings (SSSR count). The van der Waals surface area contributed by atoms with Crippen LogP contribution in [0.1, 0.15) is 41.0 Å². The summed E-state index contributed by atoms with van der Waals surface area (Å²) in [5.74, 6) is 0. The number of nitrogens with one attached hydrogen (secondary N) is 1. The topological polar surface area (TPSA) is 12.0 Å². The van der Waals surface area contributed by atoms with Crippen molar-refractivity contribution in [3.63, 3.8) is 0 Å². The van der Waals surface area contributed by atoms with Crippen LogP contribution < -0.4 is 4.98 Å². The first kappa shape index (κ1) is 13.7. The van der Waals surface area contributed by atoms with E-state index >= 15 is 0 Å². The summed E-state index contributed by atoms with van der Waals surface area (Å²) in [6.07, 6.45) is 1.22. The van der Waals surface area contributed by atoms with E-state index in [1.165, 1.54) is 6.42 Å². The van der Waals surface area contributed by atoms with Gasteiger partial charge in [-0.25, -0.2) is 0 Å². The molecule has 3 heteroatoms. The molecule has 0 aliphatic carbocycles. The molecule has 0 bridgehead atoms. The molecule has 80 valence electrons. The van der Waals surface area contributed by atoms with E-state index in [-0.39, 0.29) is 0 Å². The Hall–Kier alpha value is 0.657. The Kier molecular flexibility index (Phi) is 5.19. The summed E-state index contributed by atoms with van der Waals surface area (Å²) >= 11 is 3.84. The lowest BCUT2D eigenvalue weighted by Crippen LogP contribution is -2.61. The molecule has 0 fully saturated rings. The van der Waals surface area contributed by atoms with Crippen LogP contribution in [0.15, 0.2) is 0 Å². The van der Waals surface area contributed by atoms with Crippen molar-refractivity contribution in [1.29, 1.82) is 0 Å². The van der Waals surface area contributed by atoms with Gasteiger partial charge in [0.05, 0.1) is 0 Å². The van der Waals surface area contributed by atoms with Crippen molar-refractivity contribution in [2.24, 2.45) is 0 Å². The van der Waals surface area contributed by atoms with Crippen LogP contribution in [0.4, 0.5) is 0 Å². The number of hydrogen-bond acceptors (Lipinski definition) is 1. The summed E-state index contributed by atoms with van der Waals surface area (Å²) in [6, 6.07) is 0. The molecule has 0 aliphatic rings. The summed E-state index contributed by atoms with van der Waals surface area (Å²) in [5, 5.41) is 0.410. The maximum atomic E-state index is 3.84. The fraction of sp³-hybridized carbons (Fsp3) is 1.00. The minimum absolute atomic E-state index is 0.410. The second kappa shape index (κ2) is 4.94. The monoisotopic (exact) mass is 265 g/mol. The predicted molar refractivity (Wildman–Crippen MR) is 68.0 cm³/mol. The van der Waals surface area contributed by atoms with Crippen molar-refractivity contribution in [3.8, 4) is 0 Å². The highest BCUT2D eigenvalue weighted by atomic mass is 79.9. The summed E-state index contributed by atoms with van der Waals surface area (Å²) in [4.78, 5) is 3.74. The first-order valence-corrected chi connectivity index (χ1v) is 8.68. The lowest BCUT2D eigenvalue weighted by Gasteiger charge is -2.43. The Morgan fingerprint density at radius 2 is 1.77 bits per heavy atom. The molecule has 0 spiro atoms. The highest BCUT2D eigenvalue weighted by molar-refractivity contribution is 9.10. The van der Waals surface area contributed by atoms with Gasteiger partial charge in [0.15, 0.2) is 0 Å². The molecule has 0 saturated heterocycles. The van der Waals surface area contributed by atoms with Crippen LogP contribution in [-0.4, -0.2) is 19.2 Å². The van der Waals surface area contributed by atoms with Gasteiger partial charge in [-0.05, 0) is 18.0 Å². The maximum absolute atomic E-state index is 3.84. The normalized spacial score (nSPS) is 19.6.